The smallest absolute Gasteiger partial charge is 0.395 e. The van der Waals surface area contributed by atoms with Crippen LogP contribution >= 0.6 is 11.6 Å². The van der Waals surface area contributed by atoms with E-state index in [1.54, 1.807) is 49.2 Å². The molecule has 4 rings (SSSR count). The highest BCUT2D eigenvalue weighted by atomic mass is 35.5. The van der Waals surface area contributed by atoms with Crippen LogP contribution in [0.4, 0.5) is 28.9 Å². The molecule has 0 saturated carbocycles. The molecule has 0 aromatic heterocycles. The van der Waals surface area contributed by atoms with Crippen LogP contribution in [-0.4, -0.2) is 76.0 Å². The van der Waals surface area contributed by atoms with Crippen molar-refractivity contribution in [2.45, 2.75) is 24.0 Å². The number of sulfonamides is 1. The maximum absolute atomic E-state index is 14.6. The van der Waals surface area contributed by atoms with Crippen LogP contribution in [-0.2, 0) is 16.2 Å². The van der Waals surface area contributed by atoms with E-state index in [0.717, 1.165) is 22.5 Å². The van der Waals surface area contributed by atoms with E-state index in [9.17, 15) is 36.2 Å². The van der Waals surface area contributed by atoms with Crippen LogP contribution in [0.1, 0.15) is 23.6 Å². The summed E-state index contributed by atoms with van der Waals surface area (Å²) < 4.78 is 83.6. The summed E-state index contributed by atoms with van der Waals surface area (Å²) in [5.41, 5.74) is 0.907. The number of aliphatic hydroxyl groups is 2. The van der Waals surface area contributed by atoms with Gasteiger partial charge in [-0.1, -0.05) is 35.9 Å². The van der Waals surface area contributed by atoms with Crippen molar-refractivity contribution >= 4 is 44.6 Å². The van der Waals surface area contributed by atoms with Gasteiger partial charge in [-0.25, -0.2) is 12.8 Å². The van der Waals surface area contributed by atoms with E-state index in [1.807, 2.05) is 4.90 Å². The molecule has 2 N–H and O–H groups in total. The number of nitrogens with zero attached hydrogens (tertiary/aromatic N) is 3. The van der Waals surface area contributed by atoms with Crippen LogP contribution in [0, 0.1) is 5.82 Å². The van der Waals surface area contributed by atoms with E-state index >= 15 is 0 Å². The fraction of sp³-hybridized carbons (Fsp3) is 0.333. The van der Waals surface area contributed by atoms with Gasteiger partial charge in [0.25, 0.3) is 10.0 Å². The van der Waals surface area contributed by atoms with E-state index in [2.05, 4.69) is 0 Å². The zero-order valence-corrected chi connectivity index (χ0v) is 25.1. The van der Waals surface area contributed by atoms with Gasteiger partial charge in [0.2, 0.25) is 0 Å². The number of aliphatic hydroxyl groups excluding tert-OH is 2. The van der Waals surface area contributed by atoms with Crippen LogP contribution in [0.2, 0.25) is 5.02 Å². The van der Waals surface area contributed by atoms with Gasteiger partial charge < -0.3 is 15.1 Å². The predicted molar refractivity (Wildman–Crippen MR) is 160 cm³/mol. The average Bonchev–Trinajstić information content (AvgIpc) is 2.95. The van der Waals surface area contributed by atoms with Crippen LogP contribution in [0.15, 0.2) is 65.6 Å². The van der Waals surface area contributed by atoms with Crippen molar-refractivity contribution in [2.75, 3.05) is 55.6 Å². The molecule has 3 aromatic rings. The number of benzene rings is 3. The van der Waals surface area contributed by atoms with Gasteiger partial charge in [-0.3, -0.25) is 9.21 Å². The van der Waals surface area contributed by atoms with Gasteiger partial charge in [0.05, 0.1) is 52.7 Å². The van der Waals surface area contributed by atoms with Crippen LogP contribution in [0.25, 0.3) is 11.6 Å². The highest BCUT2D eigenvalue weighted by Crippen LogP contribution is 2.39. The maximum atomic E-state index is 14.6. The molecule has 0 radical (unpaired) electrons. The summed E-state index contributed by atoms with van der Waals surface area (Å²) in [5.74, 6) is -0.521. The van der Waals surface area contributed by atoms with Crippen LogP contribution in [0.3, 0.4) is 0 Å². The lowest BCUT2D eigenvalue weighted by Gasteiger charge is -2.39. The van der Waals surface area contributed by atoms with Crippen molar-refractivity contribution in [2.24, 2.45) is 0 Å². The number of alkyl halides is 3. The van der Waals surface area contributed by atoms with Crippen molar-refractivity contribution in [1.29, 1.82) is 0 Å². The Kier molecular flexibility index (Phi) is 10.1. The second-order valence-electron chi connectivity index (χ2n) is 10.3. The predicted octanol–water partition coefficient (Wildman–Crippen LogP) is 5.36. The van der Waals surface area contributed by atoms with E-state index in [4.69, 9.17) is 11.6 Å². The lowest BCUT2D eigenvalue weighted by atomic mass is 10.0. The standard InChI is InChI=1S/C30H32ClF4N3O4S/c1-20(29-25(31)7-4-8-26(29)32)15-21-9-10-27-28(16-21)38(14-13-37(27)12-11-36(2)23(18-39)19-40)43(41,42)24-6-3-5-22(17-24)30(33,34)35/h3-10,15-17,23,39-40H,11-14,18-19H2,1-2H3/b20-15+. The van der Waals surface area contributed by atoms with E-state index in [1.165, 1.54) is 12.1 Å². The fourth-order valence-corrected chi connectivity index (χ4v) is 6.81. The maximum Gasteiger partial charge on any atom is 0.416 e. The first-order chi connectivity index (χ1) is 20.3. The molecular formula is C30H32ClF4N3O4S. The SMILES string of the molecule is C/C(=C\c1ccc2c(c1)N(S(=O)(=O)c1cccc(C(F)(F)F)c1)CCN2CCN(C)C(CO)CO)c1c(F)cccc1Cl. The van der Waals surface area contributed by atoms with Gasteiger partial charge in [0.1, 0.15) is 5.82 Å². The van der Waals surface area contributed by atoms with Gasteiger partial charge in [-0.2, -0.15) is 13.2 Å². The number of likely N-dealkylation sites (N-methyl/N-ethyl adjacent to an activating group) is 1. The summed E-state index contributed by atoms with van der Waals surface area (Å²) >= 11 is 6.23. The Bertz CT molecular complexity index is 1580. The fourth-order valence-electron chi connectivity index (χ4n) is 4.99. The van der Waals surface area contributed by atoms with Crippen molar-refractivity contribution in [3.63, 3.8) is 0 Å². The monoisotopic (exact) mass is 641 g/mol. The number of hydrogen-bond donors (Lipinski definition) is 2. The second kappa shape index (κ2) is 13.2. The van der Waals surface area contributed by atoms with Crippen molar-refractivity contribution in [1.82, 2.24) is 4.90 Å². The quantitative estimate of drug-likeness (QED) is 0.229. The summed E-state index contributed by atoms with van der Waals surface area (Å²) in [6.45, 7) is 2.21. The van der Waals surface area contributed by atoms with Gasteiger partial charge in [0, 0.05) is 25.2 Å². The van der Waals surface area contributed by atoms with Crippen LogP contribution in [0.5, 0.6) is 0 Å². The zero-order chi connectivity index (χ0) is 31.5. The molecule has 13 heteroatoms. The third kappa shape index (κ3) is 7.15. The molecule has 0 fully saturated rings. The number of anilines is 2. The summed E-state index contributed by atoms with van der Waals surface area (Å²) in [6.07, 6.45) is -3.07. The number of fused-ring (bicyclic) bond motifs is 1. The Labute approximate surface area is 253 Å². The molecule has 1 aliphatic heterocycles. The largest absolute Gasteiger partial charge is 0.416 e. The number of halogens is 5. The zero-order valence-electron chi connectivity index (χ0n) is 23.5. The Morgan fingerprint density at radius 2 is 1.74 bits per heavy atom. The lowest BCUT2D eigenvalue weighted by Crippen LogP contribution is -2.47. The average molecular weight is 642 g/mol. The molecule has 1 aliphatic rings. The first-order valence-electron chi connectivity index (χ1n) is 13.4. The molecule has 43 heavy (non-hydrogen) atoms. The van der Waals surface area contributed by atoms with Gasteiger partial charge in [-0.15, -0.1) is 0 Å². The number of allylic oxidation sites excluding steroid dienone is 1. The molecule has 1 heterocycles. The highest BCUT2D eigenvalue weighted by molar-refractivity contribution is 7.92. The van der Waals surface area contributed by atoms with Gasteiger partial charge in [0.15, 0.2) is 0 Å². The van der Waals surface area contributed by atoms with Crippen molar-refractivity contribution in [3.8, 4) is 0 Å². The molecule has 0 spiro atoms. The molecule has 232 valence electrons. The Morgan fingerprint density at radius 1 is 1.05 bits per heavy atom. The first-order valence-corrected chi connectivity index (χ1v) is 15.2. The molecule has 0 unspecified atom stereocenters. The van der Waals surface area contributed by atoms with E-state index in [0.29, 0.717) is 36.0 Å². The highest BCUT2D eigenvalue weighted by Gasteiger charge is 2.35. The van der Waals surface area contributed by atoms with Gasteiger partial charge in [-0.05, 0) is 67.6 Å². The molecule has 0 bridgehead atoms. The minimum atomic E-state index is -4.72. The molecule has 0 aliphatic carbocycles. The van der Waals surface area contributed by atoms with Crippen molar-refractivity contribution < 1.29 is 36.2 Å². The molecule has 7 nitrogen and oxygen atoms in total. The summed E-state index contributed by atoms with van der Waals surface area (Å²) in [7, 11) is -2.67. The number of hydrogen-bond acceptors (Lipinski definition) is 6. The summed E-state index contributed by atoms with van der Waals surface area (Å²) in [4.78, 5) is 3.22. The van der Waals surface area contributed by atoms with Gasteiger partial charge >= 0.3 is 6.18 Å². The molecule has 3 aromatic carbocycles. The minimum Gasteiger partial charge on any atom is -0.395 e. The van der Waals surface area contributed by atoms with E-state index < -0.39 is 38.5 Å². The van der Waals surface area contributed by atoms with Crippen LogP contribution < -0.4 is 9.21 Å². The third-order valence-corrected chi connectivity index (χ3v) is 9.56. The summed E-state index contributed by atoms with van der Waals surface area (Å²) in [5, 5.41) is 19.2. The molecule has 0 atom stereocenters. The first kappa shape index (κ1) is 32.7. The van der Waals surface area contributed by atoms with E-state index in [-0.39, 0.29) is 42.6 Å². The summed E-state index contributed by atoms with van der Waals surface area (Å²) in [6, 6.07) is 12.5. The molecule has 0 amide bonds. The minimum absolute atomic E-state index is 0.0516. The Balaban J connectivity index is 1.77. The normalized spacial score (nSPS) is 14.5. The topological polar surface area (TPSA) is 84.3 Å². The third-order valence-electron chi connectivity index (χ3n) is 7.44. The second-order valence-corrected chi connectivity index (χ2v) is 12.5. The lowest BCUT2D eigenvalue weighted by molar-refractivity contribution is -0.137. The van der Waals surface area contributed by atoms with Crippen molar-refractivity contribution in [3.05, 3.63) is 88.2 Å². The molecular weight excluding hydrogens is 610 g/mol. The molecule has 0 saturated heterocycles. The Hall–Kier alpha value is -3.16. The number of rotatable bonds is 10. The Morgan fingerprint density at radius 3 is 2.40 bits per heavy atom.